The first-order valence-corrected chi connectivity index (χ1v) is 10.9. The lowest BCUT2D eigenvalue weighted by Gasteiger charge is -2.11. The van der Waals surface area contributed by atoms with Gasteiger partial charge in [0.25, 0.3) is 5.91 Å². The van der Waals surface area contributed by atoms with Crippen LogP contribution in [0.1, 0.15) is 29.8 Å². The number of aromatic nitrogens is 3. The van der Waals surface area contributed by atoms with E-state index in [-0.39, 0.29) is 18.6 Å². The molecule has 1 N–H and O–H groups in total. The number of esters is 1. The highest BCUT2D eigenvalue weighted by Gasteiger charge is 2.20. The van der Waals surface area contributed by atoms with Gasteiger partial charge < -0.3 is 10.1 Å². The van der Waals surface area contributed by atoms with Crippen molar-refractivity contribution >= 4 is 34.5 Å². The summed E-state index contributed by atoms with van der Waals surface area (Å²) < 4.78 is 7.03. The third-order valence-corrected chi connectivity index (χ3v) is 5.18. The molecular weight excluding hydrogens is 440 g/mol. The van der Waals surface area contributed by atoms with Crippen LogP contribution in [0.25, 0.3) is 22.3 Å². The first-order valence-electron chi connectivity index (χ1n) is 10.5. The molecule has 0 atom stereocenters. The van der Waals surface area contributed by atoms with Crippen molar-refractivity contribution in [3.8, 4) is 11.3 Å². The van der Waals surface area contributed by atoms with E-state index >= 15 is 0 Å². The van der Waals surface area contributed by atoms with Gasteiger partial charge in [-0.2, -0.15) is 5.10 Å². The molecule has 33 heavy (non-hydrogen) atoms. The van der Waals surface area contributed by atoms with Gasteiger partial charge in [0.1, 0.15) is 0 Å². The molecule has 7 nitrogen and oxygen atoms in total. The van der Waals surface area contributed by atoms with Crippen LogP contribution in [0.4, 0.5) is 0 Å². The zero-order chi connectivity index (χ0) is 23.4. The molecule has 0 unspecified atom stereocenters. The maximum Gasteiger partial charge on any atom is 0.339 e. The Morgan fingerprint density at radius 3 is 2.52 bits per heavy atom. The maximum atomic E-state index is 13.0. The van der Waals surface area contributed by atoms with Crippen LogP contribution in [0.15, 0.2) is 66.9 Å². The van der Waals surface area contributed by atoms with Crippen LogP contribution in [-0.2, 0) is 16.1 Å². The Labute approximate surface area is 196 Å². The molecule has 0 aliphatic rings. The summed E-state index contributed by atoms with van der Waals surface area (Å²) >= 11 is 6.00. The number of benzene rings is 2. The summed E-state index contributed by atoms with van der Waals surface area (Å²) in [6.45, 7) is 3.78. The predicted molar refractivity (Wildman–Crippen MR) is 127 cm³/mol. The molecule has 2 aromatic carbocycles. The molecule has 0 fully saturated rings. The summed E-state index contributed by atoms with van der Waals surface area (Å²) in [5.74, 6) is -0.963. The van der Waals surface area contributed by atoms with Crippen LogP contribution >= 0.6 is 11.6 Å². The molecule has 0 spiro atoms. The number of ether oxygens (including phenoxy) is 1. The number of fused-ring (bicyclic) bond motifs is 1. The second kappa shape index (κ2) is 9.83. The quantitative estimate of drug-likeness (QED) is 0.409. The minimum Gasteiger partial charge on any atom is -0.452 e. The number of pyridine rings is 1. The number of carbonyl (C=O) groups excluding carboxylic acids is 2. The molecule has 0 aliphatic heterocycles. The van der Waals surface area contributed by atoms with Gasteiger partial charge >= 0.3 is 5.97 Å². The minimum atomic E-state index is -0.607. The van der Waals surface area contributed by atoms with Gasteiger partial charge in [0.05, 0.1) is 29.4 Å². The van der Waals surface area contributed by atoms with Gasteiger partial charge in [0, 0.05) is 16.6 Å². The Bertz CT molecular complexity index is 1280. The van der Waals surface area contributed by atoms with E-state index in [1.54, 1.807) is 16.9 Å². The van der Waals surface area contributed by atoms with Crippen molar-refractivity contribution in [2.24, 2.45) is 0 Å². The topological polar surface area (TPSA) is 86.1 Å². The van der Waals surface area contributed by atoms with E-state index in [9.17, 15) is 9.59 Å². The molecule has 2 heterocycles. The lowest BCUT2D eigenvalue weighted by molar-refractivity contribution is -0.124. The summed E-state index contributed by atoms with van der Waals surface area (Å²) in [6.07, 6.45) is 1.60. The second-order valence-electron chi connectivity index (χ2n) is 7.89. The molecule has 0 radical (unpaired) electrons. The minimum absolute atomic E-state index is 0.0420. The second-order valence-corrected chi connectivity index (χ2v) is 8.32. The number of carbonyl (C=O) groups is 2. The Morgan fingerprint density at radius 2 is 1.82 bits per heavy atom. The summed E-state index contributed by atoms with van der Waals surface area (Å²) in [5, 5.41) is 8.37. The van der Waals surface area contributed by atoms with Gasteiger partial charge in [-0.25, -0.2) is 14.5 Å². The number of halogens is 1. The molecule has 0 saturated carbocycles. The highest BCUT2D eigenvalue weighted by Crippen LogP contribution is 2.26. The van der Waals surface area contributed by atoms with E-state index in [4.69, 9.17) is 21.3 Å². The first kappa shape index (κ1) is 22.5. The van der Waals surface area contributed by atoms with Crippen LogP contribution in [0.5, 0.6) is 0 Å². The molecule has 1 amide bonds. The Balaban J connectivity index is 1.72. The van der Waals surface area contributed by atoms with Gasteiger partial charge in [0.15, 0.2) is 12.3 Å². The molecule has 8 heteroatoms. The molecule has 0 bridgehead atoms. The van der Waals surface area contributed by atoms with Crippen molar-refractivity contribution < 1.29 is 14.3 Å². The standard InChI is InChI=1S/C25H23ClN4O3/c1-16(2)28-23(31)15-33-25(32)20-12-22(18-6-4-3-5-7-18)29-24-21(20)13-27-30(24)14-17-8-10-19(26)11-9-17/h3-13,16H,14-15H2,1-2H3,(H,28,31). The van der Waals surface area contributed by atoms with E-state index in [0.29, 0.717) is 33.9 Å². The highest BCUT2D eigenvalue weighted by atomic mass is 35.5. The molecular formula is C25H23ClN4O3. The van der Waals surface area contributed by atoms with Gasteiger partial charge in [0.2, 0.25) is 0 Å². The Hall–Kier alpha value is -3.71. The van der Waals surface area contributed by atoms with Crippen LogP contribution in [0.3, 0.4) is 0 Å². The van der Waals surface area contributed by atoms with Crippen molar-refractivity contribution in [1.29, 1.82) is 0 Å². The first-order chi connectivity index (χ1) is 15.9. The molecule has 2 aromatic heterocycles. The van der Waals surface area contributed by atoms with Crippen LogP contribution < -0.4 is 5.32 Å². The van der Waals surface area contributed by atoms with Crippen molar-refractivity contribution in [3.05, 3.63) is 83.0 Å². The van der Waals surface area contributed by atoms with Crippen LogP contribution in [0, 0.1) is 0 Å². The van der Waals surface area contributed by atoms with Crippen molar-refractivity contribution in [2.45, 2.75) is 26.4 Å². The van der Waals surface area contributed by atoms with Crippen molar-refractivity contribution in [1.82, 2.24) is 20.1 Å². The summed E-state index contributed by atoms with van der Waals surface area (Å²) in [6, 6.07) is 18.6. The molecule has 0 saturated heterocycles. The van der Waals surface area contributed by atoms with Gasteiger partial charge in [-0.1, -0.05) is 54.1 Å². The van der Waals surface area contributed by atoms with Gasteiger partial charge in [-0.05, 0) is 37.6 Å². The third kappa shape index (κ3) is 5.38. The van der Waals surface area contributed by atoms with E-state index < -0.39 is 5.97 Å². The van der Waals surface area contributed by atoms with E-state index in [2.05, 4.69) is 10.4 Å². The monoisotopic (exact) mass is 462 g/mol. The maximum absolute atomic E-state index is 13.0. The Kier molecular flexibility index (Phi) is 6.70. The summed E-state index contributed by atoms with van der Waals surface area (Å²) in [5.41, 5.74) is 3.30. The van der Waals surface area contributed by atoms with E-state index in [1.807, 2.05) is 68.4 Å². The van der Waals surface area contributed by atoms with E-state index in [1.165, 1.54) is 0 Å². The number of hydrogen-bond acceptors (Lipinski definition) is 5. The number of hydrogen-bond donors (Lipinski definition) is 1. The lowest BCUT2D eigenvalue weighted by Crippen LogP contribution is -2.34. The molecule has 4 aromatic rings. The zero-order valence-corrected chi connectivity index (χ0v) is 19.0. The largest absolute Gasteiger partial charge is 0.452 e. The van der Waals surface area contributed by atoms with E-state index in [0.717, 1.165) is 11.1 Å². The van der Waals surface area contributed by atoms with Gasteiger partial charge in [-0.15, -0.1) is 0 Å². The average Bonchev–Trinajstić information content (AvgIpc) is 3.21. The van der Waals surface area contributed by atoms with Crippen molar-refractivity contribution in [3.63, 3.8) is 0 Å². The summed E-state index contributed by atoms with van der Waals surface area (Å²) in [7, 11) is 0. The molecule has 168 valence electrons. The fraction of sp³-hybridized carbons (Fsp3) is 0.200. The zero-order valence-electron chi connectivity index (χ0n) is 18.3. The SMILES string of the molecule is CC(C)NC(=O)COC(=O)c1cc(-c2ccccc2)nc2c1cnn2Cc1ccc(Cl)cc1. The number of nitrogens with zero attached hydrogens (tertiary/aromatic N) is 3. The van der Waals surface area contributed by atoms with Crippen LogP contribution in [0.2, 0.25) is 5.02 Å². The fourth-order valence-electron chi connectivity index (χ4n) is 3.42. The smallest absolute Gasteiger partial charge is 0.339 e. The molecule has 0 aliphatic carbocycles. The Morgan fingerprint density at radius 1 is 1.09 bits per heavy atom. The summed E-state index contributed by atoms with van der Waals surface area (Å²) in [4.78, 5) is 29.7. The number of nitrogens with one attached hydrogen (secondary N) is 1. The lowest BCUT2D eigenvalue weighted by atomic mass is 10.1. The number of rotatable bonds is 7. The number of amides is 1. The van der Waals surface area contributed by atoms with Crippen molar-refractivity contribution in [2.75, 3.05) is 6.61 Å². The average molecular weight is 463 g/mol. The molecule has 4 rings (SSSR count). The van der Waals surface area contributed by atoms with Gasteiger partial charge in [-0.3, -0.25) is 4.79 Å². The third-order valence-electron chi connectivity index (χ3n) is 4.93. The fourth-order valence-corrected chi connectivity index (χ4v) is 3.55. The van der Waals surface area contributed by atoms with Crippen LogP contribution in [-0.4, -0.2) is 39.3 Å². The predicted octanol–water partition coefficient (Wildman–Crippen LogP) is 4.48. The normalized spacial score (nSPS) is 11.0. The highest BCUT2D eigenvalue weighted by molar-refractivity contribution is 6.30.